The third-order valence-electron chi connectivity index (χ3n) is 2.70. The maximum atomic E-state index is 12.3. The van der Waals surface area contributed by atoms with Gasteiger partial charge in [-0.2, -0.15) is 13.2 Å². The molecule has 0 aromatic carbocycles. The summed E-state index contributed by atoms with van der Waals surface area (Å²) >= 11 is 0. The summed E-state index contributed by atoms with van der Waals surface area (Å²) < 4.78 is 36.8. The molecule has 1 atom stereocenters. The Balaban J connectivity index is 2.24. The lowest BCUT2D eigenvalue weighted by Crippen LogP contribution is -2.35. The summed E-state index contributed by atoms with van der Waals surface area (Å²) in [7, 11) is 0. The van der Waals surface area contributed by atoms with Crippen LogP contribution in [0.2, 0.25) is 0 Å². The van der Waals surface area contributed by atoms with Gasteiger partial charge in [-0.25, -0.2) is 5.06 Å². The highest BCUT2D eigenvalue weighted by atomic mass is 19.4. The standard InChI is InChI=1S/C11H10F3N3O3/c12-11(13,14)5-17-10(19)7(4-20-17)8-6(9(15)18)2-1-3-16-8/h1-3,7H,4-5H2,(H2,15,18)/t7-/m0/s1. The molecule has 2 amide bonds. The van der Waals surface area contributed by atoms with E-state index in [9.17, 15) is 22.8 Å². The molecule has 1 fully saturated rings. The fourth-order valence-electron chi connectivity index (χ4n) is 1.86. The molecular weight excluding hydrogens is 279 g/mol. The van der Waals surface area contributed by atoms with Crippen LogP contribution in [0.25, 0.3) is 0 Å². The normalized spacial score (nSPS) is 19.4. The minimum atomic E-state index is -4.57. The minimum Gasteiger partial charge on any atom is -0.366 e. The topological polar surface area (TPSA) is 85.5 Å². The average Bonchev–Trinajstić information content (AvgIpc) is 2.69. The van der Waals surface area contributed by atoms with Crippen molar-refractivity contribution in [3.63, 3.8) is 0 Å². The van der Waals surface area contributed by atoms with Crippen LogP contribution in [0, 0.1) is 0 Å². The van der Waals surface area contributed by atoms with Crippen LogP contribution in [0.3, 0.4) is 0 Å². The largest absolute Gasteiger partial charge is 0.408 e. The van der Waals surface area contributed by atoms with Crippen LogP contribution < -0.4 is 5.73 Å². The van der Waals surface area contributed by atoms with E-state index in [2.05, 4.69) is 4.98 Å². The number of halogens is 3. The van der Waals surface area contributed by atoms with Gasteiger partial charge < -0.3 is 5.73 Å². The highest BCUT2D eigenvalue weighted by Gasteiger charge is 2.42. The lowest BCUT2D eigenvalue weighted by Gasteiger charge is -2.16. The molecule has 1 saturated heterocycles. The number of rotatable bonds is 3. The first-order valence-corrected chi connectivity index (χ1v) is 5.55. The Labute approximate surface area is 111 Å². The van der Waals surface area contributed by atoms with Crippen molar-refractivity contribution in [1.29, 1.82) is 0 Å². The summed E-state index contributed by atoms with van der Waals surface area (Å²) in [5.74, 6) is -2.78. The number of primary amides is 1. The molecule has 9 heteroatoms. The Morgan fingerprint density at radius 2 is 2.25 bits per heavy atom. The molecule has 1 aromatic heterocycles. The molecule has 1 aliphatic rings. The molecule has 20 heavy (non-hydrogen) atoms. The Hall–Kier alpha value is -2.16. The predicted molar refractivity (Wildman–Crippen MR) is 59.2 cm³/mol. The van der Waals surface area contributed by atoms with Crippen LogP contribution in [-0.2, 0) is 9.63 Å². The summed E-state index contributed by atoms with van der Waals surface area (Å²) in [5.41, 5.74) is 5.15. The van der Waals surface area contributed by atoms with Crippen LogP contribution in [0.5, 0.6) is 0 Å². The summed E-state index contributed by atoms with van der Waals surface area (Å²) in [4.78, 5) is 31.7. The van der Waals surface area contributed by atoms with Crippen molar-refractivity contribution in [2.45, 2.75) is 12.1 Å². The number of carbonyl (C=O) groups excluding carboxylic acids is 2. The molecule has 1 aliphatic heterocycles. The zero-order valence-corrected chi connectivity index (χ0v) is 10.1. The lowest BCUT2D eigenvalue weighted by atomic mass is 10.00. The van der Waals surface area contributed by atoms with E-state index in [1.165, 1.54) is 18.3 Å². The Bertz CT molecular complexity index is 547. The molecule has 2 N–H and O–H groups in total. The van der Waals surface area contributed by atoms with E-state index in [0.717, 1.165) is 0 Å². The zero-order valence-electron chi connectivity index (χ0n) is 10.1. The maximum Gasteiger partial charge on any atom is 0.408 e. The summed E-state index contributed by atoms with van der Waals surface area (Å²) in [5, 5.41) is 0.226. The van der Waals surface area contributed by atoms with Gasteiger partial charge >= 0.3 is 6.18 Å². The molecule has 0 aliphatic carbocycles. The molecule has 2 heterocycles. The molecule has 6 nitrogen and oxygen atoms in total. The molecule has 0 bridgehead atoms. The molecule has 0 spiro atoms. The Kier molecular flexibility index (Phi) is 3.62. The van der Waals surface area contributed by atoms with E-state index in [-0.39, 0.29) is 22.9 Å². The predicted octanol–water partition coefficient (Wildman–Crippen LogP) is 0.600. The summed E-state index contributed by atoms with van der Waals surface area (Å²) in [6.45, 7) is -1.83. The van der Waals surface area contributed by atoms with E-state index in [1.807, 2.05) is 0 Å². The first-order valence-electron chi connectivity index (χ1n) is 5.55. The van der Waals surface area contributed by atoms with Crippen molar-refractivity contribution in [1.82, 2.24) is 10.0 Å². The number of aromatic nitrogens is 1. The fraction of sp³-hybridized carbons (Fsp3) is 0.364. The Morgan fingerprint density at radius 1 is 1.55 bits per heavy atom. The number of amides is 2. The minimum absolute atomic E-state index is 0.0108. The highest BCUT2D eigenvalue weighted by molar-refractivity contribution is 5.96. The first kappa shape index (κ1) is 14.3. The zero-order chi connectivity index (χ0) is 14.9. The van der Waals surface area contributed by atoms with Gasteiger partial charge in [0.25, 0.3) is 11.8 Å². The van der Waals surface area contributed by atoms with E-state index >= 15 is 0 Å². The SMILES string of the molecule is NC(=O)c1cccnc1[C@@H]1CON(CC(F)(F)F)C1=O. The molecule has 0 saturated carbocycles. The quantitative estimate of drug-likeness (QED) is 0.883. The summed E-state index contributed by atoms with van der Waals surface area (Å²) in [6, 6.07) is 2.79. The van der Waals surface area contributed by atoms with Crippen LogP contribution >= 0.6 is 0 Å². The molecule has 2 rings (SSSR count). The van der Waals surface area contributed by atoms with E-state index in [0.29, 0.717) is 0 Å². The Morgan fingerprint density at radius 3 is 2.85 bits per heavy atom. The number of nitrogens with zero attached hydrogens (tertiary/aromatic N) is 2. The van der Waals surface area contributed by atoms with Crippen LogP contribution in [0.15, 0.2) is 18.3 Å². The molecule has 0 radical (unpaired) electrons. The van der Waals surface area contributed by atoms with Crippen molar-refractivity contribution < 1.29 is 27.6 Å². The number of carbonyl (C=O) groups is 2. The monoisotopic (exact) mass is 289 g/mol. The second kappa shape index (κ2) is 5.08. The van der Waals surface area contributed by atoms with Crippen LogP contribution in [0.4, 0.5) is 13.2 Å². The van der Waals surface area contributed by atoms with Gasteiger partial charge in [-0.1, -0.05) is 0 Å². The van der Waals surface area contributed by atoms with Crippen LogP contribution in [0.1, 0.15) is 22.0 Å². The van der Waals surface area contributed by atoms with Gasteiger partial charge in [0, 0.05) is 6.20 Å². The molecular formula is C11H10F3N3O3. The number of alkyl halides is 3. The van der Waals surface area contributed by atoms with Crippen molar-refractivity contribution in [2.75, 3.05) is 13.2 Å². The van der Waals surface area contributed by atoms with Crippen LogP contribution in [-0.4, -0.2) is 41.2 Å². The fourth-order valence-corrected chi connectivity index (χ4v) is 1.86. The second-order valence-electron chi connectivity index (χ2n) is 4.14. The van der Waals surface area contributed by atoms with Gasteiger partial charge in [0.05, 0.1) is 17.9 Å². The van der Waals surface area contributed by atoms with Gasteiger partial charge in [-0.05, 0) is 12.1 Å². The maximum absolute atomic E-state index is 12.3. The second-order valence-corrected chi connectivity index (χ2v) is 4.14. The highest BCUT2D eigenvalue weighted by Crippen LogP contribution is 2.28. The van der Waals surface area contributed by atoms with E-state index in [4.69, 9.17) is 10.6 Å². The smallest absolute Gasteiger partial charge is 0.366 e. The molecule has 1 aromatic rings. The van der Waals surface area contributed by atoms with Crippen molar-refractivity contribution in [2.24, 2.45) is 5.73 Å². The average molecular weight is 289 g/mol. The lowest BCUT2D eigenvalue weighted by molar-refractivity contribution is -0.214. The van der Waals surface area contributed by atoms with Gasteiger partial charge in [0.15, 0.2) is 0 Å². The van der Waals surface area contributed by atoms with Gasteiger partial charge in [-0.15, -0.1) is 0 Å². The summed E-state index contributed by atoms with van der Waals surface area (Å²) in [6.07, 6.45) is -3.25. The van der Waals surface area contributed by atoms with Crippen molar-refractivity contribution >= 4 is 11.8 Å². The number of hydroxylamine groups is 2. The third-order valence-corrected chi connectivity index (χ3v) is 2.70. The van der Waals surface area contributed by atoms with Gasteiger partial charge in [-0.3, -0.25) is 19.4 Å². The van der Waals surface area contributed by atoms with E-state index < -0.39 is 30.5 Å². The number of hydrogen-bond acceptors (Lipinski definition) is 4. The number of nitrogens with two attached hydrogens (primary N) is 1. The van der Waals surface area contributed by atoms with Crippen molar-refractivity contribution in [3.05, 3.63) is 29.6 Å². The van der Waals surface area contributed by atoms with Gasteiger partial charge in [0.1, 0.15) is 12.5 Å². The number of pyridine rings is 1. The third kappa shape index (κ3) is 2.87. The number of hydrogen-bond donors (Lipinski definition) is 1. The molecule has 0 unspecified atom stereocenters. The first-order chi connectivity index (χ1) is 9.29. The van der Waals surface area contributed by atoms with E-state index in [1.54, 1.807) is 0 Å². The molecule has 108 valence electrons. The van der Waals surface area contributed by atoms with Crippen molar-refractivity contribution in [3.8, 4) is 0 Å². The van der Waals surface area contributed by atoms with Gasteiger partial charge in [0.2, 0.25) is 0 Å².